The second-order valence-corrected chi connectivity index (χ2v) is 4.89. The zero-order chi connectivity index (χ0) is 15.0. The summed E-state index contributed by atoms with van der Waals surface area (Å²) in [7, 11) is 0. The Morgan fingerprint density at radius 1 is 1.30 bits per heavy atom. The minimum absolute atomic E-state index is 0.0388. The summed E-state index contributed by atoms with van der Waals surface area (Å²) in [5, 5.41) is 3.83. The lowest BCUT2D eigenvalue weighted by Crippen LogP contribution is -2.23. The minimum atomic E-state index is -4.28. The van der Waals surface area contributed by atoms with Crippen LogP contribution in [0.15, 0.2) is 24.3 Å². The highest BCUT2D eigenvalue weighted by Crippen LogP contribution is 2.27. The minimum Gasteiger partial charge on any atom is -0.372 e. The van der Waals surface area contributed by atoms with E-state index in [1.54, 1.807) is 6.07 Å². The molecule has 0 heterocycles. The quantitative estimate of drug-likeness (QED) is 0.733. The molecule has 0 amide bonds. The Morgan fingerprint density at radius 2 is 2.00 bits per heavy atom. The number of rotatable bonds is 8. The van der Waals surface area contributed by atoms with Crippen molar-refractivity contribution < 1.29 is 17.9 Å². The molecule has 1 aromatic rings. The van der Waals surface area contributed by atoms with E-state index in [2.05, 4.69) is 10.1 Å². The predicted octanol–water partition coefficient (Wildman–Crippen LogP) is 4.00. The van der Waals surface area contributed by atoms with Crippen LogP contribution in [0.2, 0.25) is 5.02 Å². The third-order valence-corrected chi connectivity index (χ3v) is 3.21. The molecule has 0 spiro atoms. The van der Waals surface area contributed by atoms with Gasteiger partial charge in [-0.25, -0.2) is 0 Å². The molecule has 114 valence electrons. The van der Waals surface area contributed by atoms with Crippen LogP contribution in [0.3, 0.4) is 0 Å². The lowest BCUT2D eigenvalue weighted by atomic mass is 9.96. The normalized spacial score (nSPS) is 13.4. The summed E-state index contributed by atoms with van der Waals surface area (Å²) in [4.78, 5) is 0. The van der Waals surface area contributed by atoms with Crippen LogP contribution in [-0.4, -0.2) is 32.5 Å². The van der Waals surface area contributed by atoms with Crippen LogP contribution < -0.4 is 5.32 Å². The topological polar surface area (TPSA) is 21.3 Å². The molecule has 0 aromatic heterocycles. The number of benzene rings is 1. The van der Waals surface area contributed by atoms with Crippen LogP contribution in [0.25, 0.3) is 0 Å². The SMILES string of the molecule is CCNCC(CCOCC(F)(F)F)c1ccccc1Cl. The molecule has 6 heteroatoms. The van der Waals surface area contributed by atoms with Gasteiger partial charge in [-0.05, 0) is 30.5 Å². The van der Waals surface area contributed by atoms with E-state index in [1.807, 2.05) is 25.1 Å². The standard InChI is InChI=1S/C14H19ClF3NO/c1-2-19-9-11(7-8-20-10-14(16,17)18)12-5-3-4-6-13(12)15/h3-6,11,19H,2,7-10H2,1H3. The molecule has 0 aliphatic carbocycles. The maximum absolute atomic E-state index is 12.0. The highest BCUT2D eigenvalue weighted by molar-refractivity contribution is 6.31. The van der Waals surface area contributed by atoms with E-state index in [1.165, 1.54) is 0 Å². The van der Waals surface area contributed by atoms with E-state index in [0.717, 1.165) is 12.1 Å². The molecule has 1 atom stereocenters. The summed E-state index contributed by atoms with van der Waals surface area (Å²) in [5.41, 5.74) is 0.936. The van der Waals surface area contributed by atoms with E-state index >= 15 is 0 Å². The second-order valence-electron chi connectivity index (χ2n) is 4.48. The van der Waals surface area contributed by atoms with Gasteiger partial charge >= 0.3 is 6.18 Å². The molecule has 0 radical (unpaired) electrons. The Bertz CT molecular complexity index is 398. The molecule has 0 aliphatic heterocycles. The molecule has 1 unspecified atom stereocenters. The van der Waals surface area contributed by atoms with Crippen LogP contribution >= 0.6 is 11.6 Å². The largest absolute Gasteiger partial charge is 0.411 e. The monoisotopic (exact) mass is 309 g/mol. The average Bonchev–Trinajstić information content (AvgIpc) is 2.38. The maximum atomic E-state index is 12.0. The first kappa shape index (κ1) is 17.3. The van der Waals surface area contributed by atoms with Gasteiger partial charge in [0, 0.05) is 18.2 Å². The van der Waals surface area contributed by atoms with Gasteiger partial charge in [0.2, 0.25) is 0 Å². The van der Waals surface area contributed by atoms with Crippen LogP contribution in [-0.2, 0) is 4.74 Å². The molecule has 0 saturated heterocycles. The fraction of sp³-hybridized carbons (Fsp3) is 0.571. The van der Waals surface area contributed by atoms with Crippen molar-refractivity contribution >= 4 is 11.6 Å². The van der Waals surface area contributed by atoms with Crippen molar-refractivity contribution in [1.29, 1.82) is 0 Å². The molecular formula is C14H19ClF3NO. The van der Waals surface area contributed by atoms with Crippen molar-refractivity contribution in [2.24, 2.45) is 0 Å². The average molecular weight is 310 g/mol. The molecule has 0 aliphatic rings. The molecule has 0 fully saturated rings. The molecule has 0 saturated carbocycles. The van der Waals surface area contributed by atoms with Gasteiger partial charge in [0.1, 0.15) is 6.61 Å². The van der Waals surface area contributed by atoms with Gasteiger partial charge in [0.25, 0.3) is 0 Å². The summed E-state index contributed by atoms with van der Waals surface area (Å²) < 4.78 is 40.7. The number of hydrogen-bond acceptors (Lipinski definition) is 2. The zero-order valence-electron chi connectivity index (χ0n) is 11.3. The number of nitrogens with one attached hydrogen (secondary N) is 1. The predicted molar refractivity (Wildman–Crippen MR) is 74.2 cm³/mol. The van der Waals surface area contributed by atoms with E-state index in [-0.39, 0.29) is 12.5 Å². The number of alkyl halides is 3. The zero-order valence-corrected chi connectivity index (χ0v) is 12.1. The Morgan fingerprint density at radius 3 is 2.60 bits per heavy atom. The lowest BCUT2D eigenvalue weighted by molar-refractivity contribution is -0.174. The van der Waals surface area contributed by atoms with E-state index in [9.17, 15) is 13.2 Å². The second kappa shape index (κ2) is 8.49. The highest BCUT2D eigenvalue weighted by atomic mass is 35.5. The summed E-state index contributed by atoms with van der Waals surface area (Å²) in [5.74, 6) is 0.0388. The fourth-order valence-electron chi connectivity index (χ4n) is 1.91. The van der Waals surface area contributed by atoms with Crippen molar-refractivity contribution in [3.05, 3.63) is 34.9 Å². The maximum Gasteiger partial charge on any atom is 0.411 e. The molecule has 1 rings (SSSR count). The lowest BCUT2D eigenvalue weighted by Gasteiger charge is -2.19. The Hall–Kier alpha value is -0.780. The third kappa shape index (κ3) is 6.59. The first-order chi connectivity index (χ1) is 9.44. The summed E-state index contributed by atoms with van der Waals surface area (Å²) >= 11 is 6.13. The van der Waals surface area contributed by atoms with Crippen molar-refractivity contribution in [3.63, 3.8) is 0 Å². The molecule has 0 bridgehead atoms. The van der Waals surface area contributed by atoms with Crippen molar-refractivity contribution in [2.45, 2.75) is 25.4 Å². The Kier molecular flexibility index (Phi) is 7.34. The Balaban J connectivity index is 2.55. The van der Waals surface area contributed by atoms with Crippen LogP contribution in [0.5, 0.6) is 0 Å². The molecule has 1 aromatic carbocycles. The summed E-state index contributed by atoms with van der Waals surface area (Å²) in [6, 6.07) is 7.38. The van der Waals surface area contributed by atoms with Gasteiger partial charge in [-0.15, -0.1) is 0 Å². The fourth-order valence-corrected chi connectivity index (χ4v) is 2.20. The van der Waals surface area contributed by atoms with Crippen LogP contribution in [0.4, 0.5) is 13.2 Å². The van der Waals surface area contributed by atoms with E-state index in [0.29, 0.717) is 18.0 Å². The molecular weight excluding hydrogens is 291 g/mol. The summed E-state index contributed by atoms with van der Waals surface area (Å²) in [6.45, 7) is 2.29. The highest BCUT2D eigenvalue weighted by Gasteiger charge is 2.27. The van der Waals surface area contributed by atoms with Gasteiger partial charge in [0.15, 0.2) is 0 Å². The van der Waals surface area contributed by atoms with Gasteiger partial charge in [0.05, 0.1) is 0 Å². The van der Waals surface area contributed by atoms with E-state index < -0.39 is 12.8 Å². The molecule has 20 heavy (non-hydrogen) atoms. The van der Waals surface area contributed by atoms with Gasteiger partial charge in [-0.2, -0.15) is 13.2 Å². The van der Waals surface area contributed by atoms with Crippen molar-refractivity contribution in [1.82, 2.24) is 5.32 Å². The first-order valence-electron chi connectivity index (χ1n) is 6.53. The van der Waals surface area contributed by atoms with Crippen molar-refractivity contribution in [2.75, 3.05) is 26.3 Å². The van der Waals surface area contributed by atoms with Gasteiger partial charge in [-0.3, -0.25) is 0 Å². The molecule has 1 N–H and O–H groups in total. The number of halogens is 4. The Labute approximate surface area is 122 Å². The summed E-state index contributed by atoms with van der Waals surface area (Å²) in [6.07, 6.45) is -3.78. The van der Waals surface area contributed by atoms with Gasteiger partial charge in [-0.1, -0.05) is 36.7 Å². The van der Waals surface area contributed by atoms with E-state index in [4.69, 9.17) is 11.6 Å². The molecule has 2 nitrogen and oxygen atoms in total. The first-order valence-corrected chi connectivity index (χ1v) is 6.91. The number of ether oxygens (including phenoxy) is 1. The third-order valence-electron chi connectivity index (χ3n) is 2.86. The number of hydrogen-bond donors (Lipinski definition) is 1. The van der Waals surface area contributed by atoms with Crippen LogP contribution in [0.1, 0.15) is 24.8 Å². The van der Waals surface area contributed by atoms with Crippen LogP contribution in [0, 0.1) is 0 Å². The smallest absolute Gasteiger partial charge is 0.372 e. The van der Waals surface area contributed by atoms with Crippen molar-refractivity contribution in [3.8, 4) is 0 Å². The number of likely N-dealkylation sites (N-methyl/N-ethyl adjacent to an activating group) is 1. The van der Waals surface area contributed by atoms with Gasteiger partial charge < -0.3 is 10.1 Å².